The Morgan fingerprint density at radius 3 is 2.72 bits per heavy atom. The van der Waals surface area contributed by atoms with Crippen LogP contribution >= 0.6 is 0 Å². The third kappa shape index (κ3) is 3.25. The van der Waals surface area contributed by atoms with E-state index in [1.165, 1.54) is 26.4 Å². The van der Waals surface area contributed by atoms with Gasteiger partial charge in [0.1, 0.15) is 17.6 Å². The minimum atomic E-state index is -1.61. The molecule has 3 heterocycles. The van der Waals surface area contributed by atoms with Crippen molar-refractivity contribution in [3.8, 4) is 0 Å². The van der Waals surface area contributed by atoms with E-state index < -0.39 is 36.3 Å². The summed E-state index contributed by atoms with van der Waals surface area (Å²) in [6, 6.07) is -1.60. The van der Waals surface area contributed by atoms with E-state index in [1.807, 2.05) is 0 Å². The average molecular weight is 352 g/mol. The highest BCUT2D eigenvalue weighted by Crippen LogP contribution is 2.34. The van der Waals surface area contributed by atoms with Gasteiger partial charge in [-0.15, -0.1) is 0 Å². The number of H-pyrrole nitrogens is 2. The first-order chi connectivity index (χ1) is 11.9. The van der Waals surface area contributed by atoms with Crippen LogP contribution in [0.2, 0.25) is 0 Å². The maximum atomic E-state index is 15.0. The zero-order chi connectivity index (χ0) is 18.1. The number of halogens is 1. The van der Waals surface area contributed by atoms with E-state index in [1.54, 1.807) is 0 Å². The van der Waals surface area contributed by atoms with Crippen LogP contribution in [0.15, 0.2) is 17.3 Å². The largest absolute Gasteiger partial charge is 0.464 e. The molecule has 0 bridgehead atoms. The normalized spacial score (nSPS) is 25.9. The van der Waals surface area contributed by atoms with Crippen molar-refractivity contribution >= 4 is 23.0 Å². The van der Waals surface area contributed by atoms with Gasteiger partial charge in [0.15, 0.2) is 12.3 Å². The van der Waals surface area contributed by atoms with E-state index in [9.17, 15) is 18.8 Å². The van der Waals surface area contributed by atoms with Crippen LogP contribution in [0.25, 0.3) is 11.0 Å². The van der Waals surface area contributed by atoms with E-state index in [-0.39, 0.29) is 17.7 Å². The highest BCUT2D eigenvalue weighted by atomic mass is 19.1. The fourth-order valence-corrected chi connectivity index (χ4v) is 2.99. The molecule has 1 aliphatic rings. The van der Waals surface area contributed by atoms with Gasteiger partial charge in [0.25, 0.3) is 5.56 Å². The van der Waals surface area contributed by atoms with Crippen LogP contribution in [0.1, 0.15) is 25.5 Å². The second-order valence-corrected chi connectivity index (χ2v) is 5.77. The molecule has 0 spiro atoms. The van der Waals surface area contributed by atoms with E-state index in [4.69, 9.17) is 9.47 Å². The second kappa shape index (κ2) is 6.63. The number of alkyl halides is 1. The number of hydrogen-bond donors (Lipinski definition) is 3. The van der Waals surface area contributed by atoms with Crippen LogP contribution in [-0.4, -0.2) is 51.8 Å². The van der Waals surface area contributed by atoms with Gasteiger partial charge >= 0.3 is 11.9 Å². The lowest BCUT2D eigenvalue weighted by molar-refractivity contribution is -0.151. The number of aromatic nitrogens is 3. The fraction of sp³-hybridized carbons (Fsp3) is 0.467. The molecule has 25 heavy (non-hydrogen) atoms. The summed E-state index contributed by atoms with van der Waals surface area (Å²) >= 11 is 0. The summed E-state index contributed by atoms with van der Waals surface area (Å²) in [5, 5.41) is 2.96. The first-order valence-electron chi connectivity index (χ1n) is 7.64. The second-order valence-electron chi connectivity index (χ2n) is 5.77. The minimum Gasteiger partial charge on any atom is -0.464 e. The molecule has 0 radical (unpaired) electrons. The molecule has 0 saturated carbocycles. The molecule has 1 saturated heterocycles. The SMILES string of the molecule is CC(=O)OC[C@H]1N[C@@H](c2c[nH]c3c(=O)[nH]cnc23)[C@H](F)[C@@H]1OC(C)=O. The molecule has 1 fully saturated rings. The first kappa shape index (κ1) is 17.1. The predicted octanol–water partition coefficient (Wildman–Crippen LogP) is 0.0970. The molecule has 3 rings (SSSR count). The molecule has 134 valence electrons. The van der Waals surface area contributed by atoms with Gasteiger partial charge in [-0.05, 0) is 0 Å². The van der Waals surface area contributed by atoms with E-state index >= 15 is 0 Å². The summed E-state index contributed by atoms with van der Waals surface area (Å²) in [7, 11) is 0. The summed E-state index contributed by atoms with van der Waals surface area (Å²) in [5.74, 6) is -1.17. The molecule has 1 aliphatic heterocycles. The van der Waals surface area contributed by atoms with Crippen molar-refractivity contribution in [1.29, 1.82) is 0 Å². The third-order valence-corrected chi connectivity index (χ3v) is 4.02. The Labute approximate surface area is 140 Å². The van der Waals surface area contributed by atoms with Crippen LogP contribution in [0.4, 0.5) is 4.39 Å². The molecule has 0 aliphatic carbocycles. The van der Waals surface area contributed by atoms with Crippen LogP contribution in [-0.2, 0) is 19.1 Å². The summed E-state index contributed by atoms with van der Waals surface area (Å²) in [6.07, 6.45) is -0.0290. The van der Waals surface area contributed by atoms with Crippen LogP contribution in [0.3, 0.4) is 0 Å². The number of esters is 2. The molecular weight excluding hydrogens is 335 g/mol. The molecule has 3 N–H and O–H groups in total. The van der Waals surface area contributed by atoms with Gasteiger partial charge in [0.2, 0.25) is 0 Å². The first-order valence-corrected chi connectivity index (χ1v) is 7.64. The molecule has 0 unspecified atom stereocenters. The molecule has 4 atom stereocenters. The van der Waals surface area contributed by atoms with E-state index in [0.29, 0.717) is 11.1 Å². The molecule has 2 aromatic rings. The standard InChI is InChI=1S/C15H17FN4O5/c1-6(21)24-4-9-14(25-7(2)22)10(16)11(20-9)8-3-17-13-12(8)18-5-19-15(13)23/h3,5,9-11,14,17,20H,4H2,1-2H3,(H,18,19,23)/t9-,10+,11+,14-/m1/s1. The smallest absolute Gasteiger partial charge is 0.303 e. The van der Waals surface area contributed by atoms with Gasteiger partial charge in [-0.25, -0.2) is 9.37 Å². The van der Waals surface area contributed by atoms with Crippen molar-refractivity contribution in [2.75, 3.05) is 6.61 Å². The highest BCUT2D eigenvalue weighted by molar-refractivity contribution is 5.78. The number of rotatable bonds is 4. The monoisotopic (exact) mass is 352 g/mol. The molecular formula is C15H17FN4O5. The number of aromatic amines is 2. The predicted molar refractivity (Wildman–Crippen MR) is 83.5 cm³/mol. The quantitative estimate of drug-likeness (QED) is 0.666. The number of carbonyl (C=O) groups is 2. The topological polar surface area (TPSA) is 126 Å². The molecule has 10 heteroatoms. The zero-order valence-electron chi connectivity index (χ0n) is 13.5. The number of nitrogens with one attached hydrogen (secondary N) is 3. The lowest BCUT2D eigenvalue weighted by atomic mass is 10.0. The van der Waals surface area contributed by atoms with Crippen LogP contribution in [0.5, 0.6) is 0 Å². The van der Waals surface area contributed by atoms with Crippen molar-refractivity contribution < 1.29 is 23.5 Å². The molecule has 2 aromatic heterocycles. The number of hydrogen-bond acceptors (Lipinski definition) is 7. The van der Waals surface area contributed by atoms with Gasteiger partial charge in [-0.1, -0.05) is 0 Å². The van der Waals surface area contributed by atoms with E-state index in [2.05, 4.69) is 20.3 Å². The van der Waals surface area contributed by atoms with Crippen LogP contribution < -0.4 is 10.9 Å². The number of carbonyl (C=O) groups excluding carboxylic acids is 2. The van der Waals surface area contributed by atoms with Crippen LogP contribution in [0, 0.1) is 0 Å². The van der Waals surface area contributed by atoms with Gasteiger partial charge in [0, 0.05) is 25.6 Å². The Hall–Kier alpha value is -2.75. The van der Waals surface area contributed by atoms with Crippen molar-refractivity contribution in [3.05, 3.63) is 28.4 Å². The number of ether oxygens (including phenoxy) is 2. The maximum absolute atomic E-state index is 15.0. The number of nitrogens with zero attached hydrogens (tertiary/aromatic N) is 1. The Balaban J connectivity index is 1.92. The lowest BCUT2D eigenvalue weighted by Crippen LogP contribution is -2.39. The van der Waals surface area contributed by atoms with Gasteiger partial charge in [0.05, 0.1) is 18.4 Å². The third-order valence-electron chi connectivity index (χ3n) is 4.02. The highest BCUT2D eigenvalue weighted by Gasteiger charge is 2.47. The van der Waals surface area contributed by atoms with Crippen molar-refractivity contribution in [1.82, 2.24) is 20.3 Å². The van der Waals surface area contributed by atoms with Gasteiger partial charge in [-0.2, -0.15) is 0 Å². The Kier molecular flexibility index (Phi) is 4.53. The van der Waals surface area contributed by atoms with Gasteiger partial charge < -0.3 is 19.4 Å². The summed E-state index contributed by atoms with van der Waals surface area (Å²) < 4.78 is 25.0. The summed E-state index contributed by atoms with van der Waals surface area (Å²) in [4.78, 5) is 43.4. The van der Waals surface area contributed by atoms with Gasteiger partial charge in [-0.3, -0.25) is 19.7 Å². The summed E-state index contributed by atoms with van der Waals surface area (Å²) in [5.41, 5.74) is 0.589. The average Bonchev–Trinajstić information content (AvgIpc) is 3.09. The van der Waals surface area contributed by atoms with E-state index in [0.717, 1.165) is 0 Å². The number of fused-ring (bicyclic) bond motifs is 1. The Morgan fingerprint density at radius 1 is 1.28 bits per heavy atom. The van der Waals surface area contributed by atoms with Crippen molar-refractivity contribution in [2.45, 2.75) is 38.2 Å². The molecule has 0 amide bonds. The van der Waals surface area contributed by atoms with Crippen molar-refractivity contribution in [3.63, 3.8) is 0 Å². The fourth-order valence-electron chi connectivity index (χ4n) is 2.99. The Bertz CT molecular complexity index is 863. The maximum Gasteiger partial charge on any atom is 0.303 e. The molecule has 0 aromatic carbocycles. The zero-order valence-corrected chi connectivity index (χ0v) is 13.5. The summed E-state index contributed by atoms with van der Waals surface area (Å²) in [6.45, 7) is 2.26. The Morgan fingerprint density at radius 2 is 2.04 bits per heavy atom. The lowest BCUT2D eigenvalue weighted by Gasteiger charge is -2.19. The minimum absolute atomic E-state index is 0.152. The van der Waals surface area contributed by atoms with Crippen molar-refractivity contribution in [2.24, 2.45) is 0 Å². The molecule has 9 nitrogen and oxygen atoms in total.